The molecule has 1 aliphatic carbocycles. The number of nitrogens with two attached hydrogens (primary N) is 1. The van der Waals surface area contributed by atoms with Gasteiger partial charge in [-0.25, -0.2) is 4.98 Å². The Morgan fingerprint density at radius 1 is 1.26 bits per heavy atom. The molecule has 106 valence electrons. The molecule has 1 atom stereocenters. The predicted octanol–water partition coefficient (Wildman–Crippen LogP) is 2.01. The second-order valence-electron chi connectivity index (χ2n) is 5.99. The van der Waals surface area contributed by atoms with Gasteiger partial charge >= 0.3 is 0 Å². The molecular weight excluding hydrogens is 256 g/mol. The zero-order valence-corrected chi connectivity index (χ0v) is 12.7. The maximum absolute atomic E-state index is 6.17. The maximum Gasteiger partial charge on any atom is 0.185 e. The highest BCUT2D eigenvalue weighted by atomic mass is 32.1. The van der Waals surface area contributed by atoms with Crippen LogP contribution >= 0.6 is 11.3 Å². The summed E-state index contributed by atoms with van der Waals surface area (Å²) >= 11 is 1.88. The van der Waals surface area contributed by atoms with E-state index in [-0.39, 0.29) is 6.04 Å². The molecule has 19 heavy (non-hydrogen) atoms. The number of thiazole rings is 1. The van der Waals surface area contributed by atoms with Crippen LogP contribution < -0.4 is 10.6 Å². The van der Waals surface area contributed by atoms with E-state index in [1.165, 1.54) is 41.4 Å². The van der Waals surface area contributed by atoms with Gasteiger partial charge in [0, 0.05) is 30.1 Å². The number of aromatic nitrogens is 1. The molecule has 0 bridgehead atoms. The first-order valence-electron chi connectivity index (χ1n) is 7.31. The average Bonchev–Trinajstić information content (AvgIpc) is 2.84. The van der Waals surface area contributed by atoms with Crippen molar-refractivity contribution in [1.29, 1.82) is 0 Å². The average molecular weight is 280 g/mol. The van der Waals surface area contributed by atoms with Crippen LogP contribution in [0, 0.1) is 0 Å². The third-order valence-electron chi connectivity index (χ3n) is 4.45. The van der Waals surface area contributed by atoms with Crippen molar-refractivity contribution < 1.29 is 0 Å². The maximum atomic E-state index is 6.17. The lowest BCUT2D eigenvalue weighted by molar-refractivity contribution is 0.249. The number of anilines is 1. The van der Waals surface area contributed by atoms with Gasteiger partial charge in [-0.15, -0.1) is 11.3 Å². The summed E-state index contributed by atoms with van der Waals surface area (Å²) in [5.74, 6) is 0. The highest BCUT2D eigenvalue weighted by Gasteiger charge is 2.26. The van der Waals surface area contributed by atoms with E-state index in [1.54, 1.807) is 0 Å². The minimum Gasteiger partial charge on any atom is -0.348 e. The van der Waals surface area contributed by atoms with Crippen LogP contribution in [0.15, 0.2) is 0 Å². The van der Waals surface area contributed by atoms with Crippen molar-refractivity contribution in [3.63, 3.8) is 0 Å². The van der Waals surface area contributed by atoms with E-state index in [4.69, 9.17) is 10.7 Å². The number of rotatable bonds is 2. The lowest BCUT2D eigenvalue weighted by Crippen LogP contribution is -2.41. The standard InChI is InChI=1S/C14H24N4S/c1-17(2)10-6-8-18(9-7-10)14-16-13-11(15)4-3-5-12(13)19-14/h10-11H,3-9,15H2,1-2H3. The van der Waals surface area contributed by atoms with Gasteiger partial charge in [-0.3, -0.25) is 0 Å². The van der Waals surface area contributed by atoms with Gasteiger partial charge in [0.05, 0.1) is 5.69 Å². The molecule has 4 nitrogen and oxygen atoms in total. The Labute approximate surface area is 119 Å². The summed E-state index contributed by atoms with van der Waals surface area (Å²) in [5.41, 5.74) is 7.35. The smallest absolute Gasteiger partial charge is 0.185 e. The van der Waals surface area contributed by atoms with Gasteiger partial charge in [-0.1, -0.05) is 0 Å². The number of nitrogens with zero attached hydrogens (tertiary/aromatic N) is 3. The van der Waals surface area contributed by atoms with Crippen LogP contribution in [0.1, 0.15) is 42.3 Å². The van der Waals surface area contributed by atoms with Crippen molar-refractivity contribution in [2.24, 2.45) is 5.73 Å². The van der Waals surface area contributed by atoms with Crippen LogP contribution in [0.5, 0.6) is 0 Å². The van der Waals surface area contributed by atoms with E-state index in [2.05, 4.69) is 23.9 Å². The third-order valence-corrected chi connectivity index (χ3v) is 5.64. The van der Waals surface area contributed by atoms with Crippen molar-refractivity contribution >= 4 is 16.5 Å². The number of hydrogen-bond acceptors (Lipinski definition) is 5. The fourth-order valence-corrected chi connectivity index (χ4v) is 4.37. The minimum absolute atomic E-state index is 0.174. The molecule has 1 aromatic rings. The number of piperidine rings is 1. The predicted molar refractivity (Wildman–Crippen MR) is 80.9 cm³/mol. The molecule has 0 radical (unpaired) electrons. The number of fused-ring (bicyclic) bond motifs is 1. The van der Waals surface area contributed by atoms with Gasteiger partial charge in [0.2, 0.25) is 0 Å². The van der Waals surface area contributed by atoms with Crippen molar-refractivity contribution in [2.75, 3.05) is 32.1 Å². The zero-order chi connectivity index (χ0) is 13.4. The van der Waals surface area contributed by atoms with Crippen LogP contribution in [-0.2, 0) is 6.42 Å². The Bertz CT molecular complexity index is 435. The first kappa shape index (κ1) is 13.3. The molecule has 2 aliphatic rings. The lowest BCUT2D eigenvalue weighted by atomic mass is 9.99. The van der Waals surface area contributed by atoms with Crippen LogP contribution in [-0.4, -0.2) is 43.1 Å². The first-order chi connectivity index (χ1) is 9.15. The molecule has 1 saturated heterocycles. The fourth-order valence-electron chi connectivity index (χ4n) is 3.15. The molecule has 2 heterocycles. The lowest BCUT2D eigenvalue weighted by Gasteiger charge is -2.35. The monoisotopic (exact) mass is 280 g/mol. The van der Waals surface area contributed by atoms with E-state index in [9.17, 15) is 0 Å². The molecular formula is C14H24N4S. The van der Waals surface area contributed by atoms with E-state index in [0.29, 0.717) is 0 Å². The van der Waals surface area contributed by atoms with Gasteiger partial charge in [-0.05, 0) is 46.2 Å². The second kappa shape index (κ2) is 5.38. The Morgan fingerprint density at radius 3 is 2.63 bits per heavy atom. The highest BCUT2D eigenvalue weighted by Crippen LogP contribution is 2.36. The van der Waals surface area contributed by atoms with Crippen molar-refractivity contribution in [2.45, 2.75) is 44.2 Å². The molecule has 5 heteroatoms. The fraction of sp³-hybridized carbons (Fsp3) is 0.786. The largest absolute Gasteiger partial charge is 0.348 e. The van der Waals surface area contributed by atoms with Crippen LogP contribution in [0.25, 0.3) is 0 Å². The molecule has 0 spiro atoms. The molecule has 1 unspecified atom stereocenters. The quantitative estimate of drug-likeness (QED) is 0.900. The Balaban J connectivity index is 1.70. The third kappa shape index (κ3) is 2.64. The van der Waals surface area contributed by atoms with Gasteiger partial charge in [0.15, 0.2) is 5.13 Å². The first-order valence-corrected chi connectivity index (χ1v) is 8.13. The van der Waals surface area contributed by atoms with E-state index >= 15 is 0 Å². The summed E-state index contributed by atoms with van der Waals surface area (Å²) in [6, 6.07) is 0.904. The van der Waals surface area contributed by atoms with Crippen LogP contribution in [0.4, 0.5) is 5.13 Å². The Hall–Kier alpha value is -0.650. The van der Waals surface area contributed by atoms with Crippen molar-refractivity contribution in [3.05, 3.63) is 10.6 Å². The molecule has 0 saturated carbocycles. The number of aryl methyl sites for hydroxylation is 1. The molecule has 1 aromatic heterocycles. The van der Waals surface area contributed by atoms with Crippen molar-refractivity contribution in [1.82, 2.24) is 9.88 Å². The van der Waals surface area contributed by atoms with E-state index in [1.807, 2.05) is 11.3 Å². The molecule has 3 rings (SSSR count). The second-order valence-corrected chi connectivity index (χ2v) is 7.05. The molecule has 0 aromatic carbocycles. The summed E-state index contributed by atoms with van der Waals surface area (Å²) in [4.78, 5) is 11.1. The van der Waals surface area contributed by atoms with Crippen LogP contribution in [0.3, 0.4) is 0 Å². The molecule has 1 fully saturated rings. The van der Waals surface area contributed by atoms with E-state index in [0.717, 1.165) is 25.6 Å². The molecule has 1 aliphatic heterocycles. The molecule has 0 amide bonds. The Morgan fingerprint density at radius 2 is 2.00 bits per heavy atom. The van der Waals surface area contributed by atoms with Gasteiger partial charge in [0.25, 0.3) is 0 Å². The van der Waals surface area contributed by atoms with Crippen molar-refractivity contribution in [3.8, 4) is 0 Å². The summed E-state index contributed by atoms with van der Waals surface area (Å²) < 4.78 is 0. The zero-order valence-electron chi connectivity index (χ0n) is 11.9. The highest BCUT2D eigenvalue weighted by molar-refractivity contribution is 7.15. The van der Waals surface area contributed by atoms with Gasteiger partial charge in [0.1, 0.15) is 0 Å². The SMILES string of the molecule is CN(C)C1CCN(c2nc3c(s2)CCCC3N)CC1. The topological polar surface area (TPSA) is 45.4 Å². The minimum atomic E-state index is 0.174. The normalized spacial score (nSPS) is 24.8. The van der Waals surface area contributed by atoms with E-state index < -0.39 is 0 Å². The number of hydrogen-bond donors (Lipinski definition) is 1. The van der Waals surface area contributed by atoms with Crippen LogP contribution in [0.2, 0.25) is 0 Å². The van der Waals surface area contributed by atoms with Gasteiger partial charge in [-0.2, -0.15) is 0 Å². The summed E-state index contributed by atoms with van der Waals surface area (Å²) in [7, 11) is 4.36. The summed E-state index contributed by atoms with van der Waals surface area (Å²) in [6.07, 6.45) is 5.97. The summed E-state index contributed by atoms with van der Waals surface area (Å²) in [6.45, 7) is 2.26. The Kier molecular flexibility index (Phi) is 3.78. The summed E-state index contributed by atoms with van der Waals surface area (Å²) in [5, 5.41) is 1.21. The molecule has 2 N–H and O–H groups in total. The van der Waals surface area contributed by atoms with Gasteiger partial charge < -0.3 is 15.5 Å².